The van der Waals surface area contributed by atoms with Crippen molar-refractivity contribution in [1.29, 1.82) is 0 Å². The highest BCUT2D eigenvalue weighted by atomic mass is 16.2. The number of hydrogen-bond donors (Lipinski definition) is 2. The maximum absolute atomic E-state index is 12.8. The van der Waals surface area contributed by atoms with Gasteiger partial charge in [0.05, 0.1) is 11.2 Å². The van der Waals surface area contributed by atoms with Crippen LogP contribution in [0.25, 0.3) is 22.2 Å². The molecule has 0 bridgehead atoms. The molecule has 0 spiro atoms. The molecule has 1 unspecified atom stereocenters. The Morgan fingerprint density at radius 2 is 1.91 bits per heavy atom. The Labute approximate surface area is 190 Å². The number of rotatable bonds is 4. The summed E-state index contributed by atoms with van der Waals surface area (Å²) < 4.78 is 0. The van der Waals surface area contributed by atoms with Crippen LogP contribution >= 0.6 is 0 Å². The van der Waals surface area contributed by atoms with E-state index in [0.717, 1.165) is 50.2 Å². The number of pyridine rings is 1. The maximum Gasteiger partial charge on any atom is 0.242 e. The molecule has 5 nitrogen and oxygen atoms in total. The average Bonchev–Trinajstić information content (AvgIpc) is 3.39. The number of amides is 1. The summed E-state index contributed by atoms with van der Waals surface area (Å²) in [4.78, 5) is 23.1. The van der Waals surface area contributed by atoms with Gasteiger partial charge in [-0.3, -0.25) is 9.78 Å². The summed E-state index contributed by atoms with van der Waals surface area (Å²) in [5.74, 6) is 0.904. The number of fused-ring (bicyclic) bond motifs is 1. The smallest absolute Gasteiger partial charge is 0.242 e. The molecule has 32 heavy (non-hydrogen) atoms. The van der Waals surface area contributed by atoms with E-state index in [1.807, 2.05) is 4.90 Å². The Bertz CT molecular complexity index is 1170. The number of piperidine rings is 1. The molecule has 1 saturated heterocycles. The molecular weight excluding hydrogens is 396 g/mol. The Hall–Kier alpha value is -2.66. The summed E-state index contributed by atoms with van der Waals surface area (Å²) in [6.45, 7) is 10.2. The number of aromatic nitrogens is 2. The summed E-state index contributed by atoms with van der Waals surface area (Å²) >= 11 is 0. The molecule has 1 aliphatic heterocycles. The minimum Gasteiger partial charge on any atom is -0.354 e. The van der Waals surface area contributed by atoms with Gasteiger partial charge in [-0.25, -0.2) is 0 Å². The lowest BCUT2D eigenvalue weighted by atomic mass is 9.88. The van der Waals surface area contributed by atoms with Gasteiger partial charge in [0.1, 0.15) is 0 Å². The highest BCUT2D eigenvalue weighted by Crippen LogP contribution is 2.39. The van der Waals surface area contributed by atoms with Gasteiger partial charge < -0.3 is 15.6 Å². The monoisotopic (exact) mass is 430 g/mol. The number of carbonyl (C=O) groups is 1. The molecular formula is C27H34N4O. The fourth-order valence-corrected chi connectivity index (χ4v) is 5.39. The van der Waals surface area contributed by atoms with Crippen LogP contribution in [-0.2, 0) is 4.79 Å². The predicted molar refractivity (Wildman–Crippen MR) is 130 cm³/mol. The van der Waals surface area contributed by atoms with Gasteiger partial charge in [-0.2, -0.15) is 0 Å². The second-order valence-corrected chi connectivity index (χ2v) is 10.3. The number of likely N-dealkylation sites (tertiary alicyclic amines) is 1. The van der Waals surface area contributed by atoms with E-state index in [-0.39, 0.29) is 5.91 Å². The van der Waals surface area contributed by atoms with Crippen LogP contribution in [0.15, 0.2) is 30.3 Å². The summed E-state index contributed by atoms with van der Waals surface area (Å²) in [6.07, 6.45) is 3.81. The molecule has 3 aromatic rings. The van der Waals surface area contributed by atoms with Crippen molar-refractivity contribution in [3.63, 3.8) is 0 Å². The minimum absolute atomic E-state index is 0.151. The lowest BCUT2D eigenvalue weighted by Gasteiger charge is -2.34. The first-order chi connectivity index (χ1) is 15.2. The number of hydrogen-bond acceptors (Lipinski definition) is 3. The minimum atomic E-state index is -0.576. The zero-order chi connectivity index (χ0) is 22.6. The average molecular weight is 431 g/mol. The molecule has 5 heteroatoms. The van der Waals surface area contributed by atoms with Crippen LogP contribution in [0.3, 0.4) is 0 Å². The molecule has 2 aromatic heterocycles. The van der Waals surface area contributed by atoms with E-state index in [1.165, 1.54) is 33.3 Å². The largest absolute Gasteiger partial charge is 0.354 e. The van der Waals surface area contributed by atoms with E-state index in [1.54, 1.807) is 0 Å². The van der Waals surface area contributed by atoms with Gasteiger partial charge in [-0.05, 0) is 80.8 Å². The van der Waals surface area contributed by atoms with Crippen molar-refractivity contribution in [2.45, 2.75) is 70.8 Å². The van der Waals surface area contributed by atoms with Crippen molar-refractivity contribution in [2.24, 2.45) is 5.73 Å². The number of H-pyrrole nitrogens is 1. The number of nitrogens with one attached hydrogen (secondary N) is 1. The van der Waals surface area contributed by atoms with Crippen molar-refractivity contribution in [3.8, 4) is 11.3 Å². The molecule has 1 aliphatic carbocycles. The molecule has 168 valence electrons. The SMILES string of the molecule is Cc1cc(-c2[nH]c3ccc(C4CCCN(C(=O)C5(N)CC5)C4)cc3c2C(C)C)cc(C)n1. The van der Waals surface area contributed by atoms with Crippen molar-refractivity contribution in [1.82, 2.24) is 14.9 Å². The highest BCUT2D eigenvalue weighted by molar-refractivity contribution is 5.92. The van der Waals surface area contributed by atoms with Crippen LogP contribution in [0.1, 0.15) is 73.9 Å². The molecule has 2 aliphatic rings. The van der Waals surface area contributed by atoms with Crippen LogP contribution in [0.5, 0.6) is 0 Å². The van der Waals surface area contributed by atoms with E-state index in [0.29, 0.717) is 11.8 Å². The van der Waals surface area contributed by atoms with Crippen LogP contribution < -0.4 is 5.73 Å². The summed E-state index contributed by atoms with van der Waals surface area (Å²) in [5, 5.41) is 1.29. The number of benzene rings is 1. The summed E-state index contributed by atoms with van der Waals surface area (Å²) in [5.41, 5.74) is 14.0. The van der Waals surface area contributed by atoms with Gasteiger partial charge in [0.2, 0.25) is 5.91 Å². The number of carbonyl (C=O) groups excluding carboxylic acids is 1. The van der Waals surface area contributed by atoms with Crippen LogP contribution in [0.2, 0.25) is 0 Å². The van der Waals surface area contributed by atoms with Crippen LogP contribution in [0.4, 0.5) is 0 Å². The van der Waals surface area contributed by atoms with Crippen molar-refractivity contribution in [3.05, 3.63) is 52.8 Å². The Kier molecular flexibility index (Phi) is 5.12. The second-order valence-electron chi connectivity index (χ2n) is 10.3. The first-order valence-corrected chi connectivity index (χ1v) is 11.9. The normalized spacial score (nSPS) is 20.2. The molecule has 3 N–H and O–H groups in total. The third kappa shape index (κ3) is 3.73. The molecule has 1 aromatic carbocycles. The first kappa shape index (κ1) is 21.2. The molecule has 2 fully saturated rings. The molecule has 1 atom stereocenters. The zero-order valence-corrected chi connectivity index (χ0v) is 19.7. The quantitative estimate of drug-likeness (QED) is 0.600. The van der Waals surface area contributed by atoms with E-state index >= 15 is 0 Å². The summed E-state index contributed by atoms with van der Waals surface area (Å²) in [7, 11) is 0. The van der Waals surface area contributed by atoms with E-state index in [9.17, 15) is 4.79 Å². The lowest BCUT2D eigenvalue weighted by Crippen LogP contribution is -2.49. The van der Waals surface area contributed by atoms with Crippen LogP contribution in [0, 0.1) is 13.8 Å². The van der Waals surface area contributed by atoms with Crippen molar-refractivity contribution >= 4 is 16.8 Å². The number of nitrogens with zero attached hydrogens (tertiary/aromatic N) is 2. The third-order valence-corrected chi connectivity index (χ3v) is 7.20. The Balaban J connectivity index is 1.52. The number of aromatic amines is 1. The second kappa shape index (κ2) is 7.73. The van der Waals surface area contributed by atoms with Gasteiger partial charge in [0.15, 0.2) is 0 Å². The van der Waals surface area contributed by atoms with E-state index < -0.39 is 5.54 Å². The van der Waals surface area contributed by atoms with Crippen molar-refractivity contribution in [2.75, 3.05) is 13.1 Å². The topological polar surface area (TPSA) is 75.0 Å². The first-order valence-electron chi connectivity index (χ1n) is 11.9. The third-order valence-electron chi connectivity index (χ3n) is 7.20. The van der Waals surface area contributed by atoms with Gasteiger partial charge in [-0.1, -0.05) is 19.9 Å². The fourth-order valence-electron chi connectivity index (χ4n) is 5.39. The molecule has 0 radical (unpaired) electrons. The highest BCUT2D eigenvalue weighted by Gasteiger charge is 2.48. The van der Waals surface area contributed by atoms with Gasteiger partial charge in [0, 0.05) is 46.9 Å². The molecule has 5 rings (SSSR count). The van der Waals surface area contributed by atoms with Crippen molar-refractivity contribution < 1.29 is 4.79 Å². The van der Waals surface area contributed by atoms with Gasteiger partial charge in [0.25, 0.3) is 0 Å². The molecule has 1 saturated carbocycles. The van der Waals surface area contributed by atoms with E-state index in [2.05, 4.69) is 68.0 Å². The molecule has 3 heterocycles. The Morgan fingerprint density at radius 1 is 1.19 bits per heavy atom. The predicted octanol–water partition coefficient (Wildman–Crippen LogP) is 5.17. The zero-order valence-electron chi connectivity index (χ0n) is 19.7. The fraction of sp³-hybridized carbons (Fsp3) is 0.481. The Morgan fingerprint density at radius 3 is 2.56 bits per heavy atom. The molecule has 1 amide bonds. The lowest BCUT2D eigenvalue weighted by molar-refractivity contribution is -0.134. The number of nitrogens with two attached hydrogens (primary N) is 1. The number of aryl methyl sites for hydroxylation is 2. The van der Waals surface area contributed by atoms with Crippen LogP contribution in [-0.4, -0.2) is 39.4 Å². The summed E-state index contributed by atoms with van der Waals surface area (Å²) in [6, 6.07) is 11.1. The van der Waals surface area contributed by atoms with Gasteiger partial charge in [-0.15, -0.1) is 0 Å². The van der Waals surface area contributed by atoms with E-state index in [4.69, 9.17) is 5.73 Å². The maximum atomic E-state index is 12.8. The standard InChI is InChI=1S/C27H34N4O/c1-16(2)24-22-14-19(20-6-5-11-31(15-20)26(32)27(28)9-10-27)7-8-23(22)30-25(24)21-12-17(3)29-18(4)13-21/h7-8,12-14,16,20,30H,5-6,9-11,15,28H2,1-4H3. The van der Waals surface area contributed by atoms with Gasteiger partial charge >= 0.3 is 0 Å².